The van der Waals surface area contributed by atoms with Gasteiger partial charge in [-0.25, -0.2) is 4.79 Å². The number of H-pyrrole nitrogens is 1. The quantitative estimate of drug-likeness (QED) is 0.459. The second kappa shape index (κ2) is 7.51. The van der Waals surface area contributed by atoms with Crippen LogP contribution < -0.4 is 17.0 Å². The van der Waals surface area contributed by atoms with Crippen LogP contribution in [0.4, 0.5) is 0 Å². The predicted molar refractivity (Wildman–Crippen MR) is 87.5 cm³/mol. The number of nitrogens with one attached hydrogen (secondary N) is 1. The van der Waals surface area contributed by atoms with E-state index in [0.717, 1.165) is 22.4 Å². The largest absolute Gasteiger partial charge is 0.463 e. The lowest BCUT2D eigenvalue weighted by molar-refractivity contribution is -0.147. The number of hydrogen-bond donors (Lipinski definition) is 4. The van der Waals surface area contributed by atoms with Crippen molar-refractivity contribution in [2.45, 2.75) is 42.7 Å². The van der Waals surface area contributed by atoms with E-state index in [2.05, 4.69) is 4.98 Å². The predicted octanol–water partition coefficient (Wildman–Crippen LogP) is -1.60. The summed E-state index contributed by atoms with van der Waals surface area (Å²) in [6.45, 7) is 3.43. The molecule has 1 aliphatic rings. The van der Waals surface area contributed by atoms with Crippen molar-refractivity contribution in [1.82, 2.24) is 9.55 Å². The number of carbonyl (C=O) groups is 1. The van der Waals surface area contributed by atoms with Gasteiger partial charge in [0, 0.05) is 12.3 Å². The summed E-state index contributed by atoms with van der Waals surface area (Å²) in [6.07, 6.45) is -1.19. The van der Waals surface area contributed by atoms with E-state index < -0.39 is 46.1 Å². The van der Waals surface area contributed by atoms with E-state index in [4.69, 9.17) is 10.5 Å². The van der Waals surface area contributed by atoms with Crippen LogP contribution in [0.25, 0.3) is 0 Å². The summed E-state index contributed by atoms with van der Waals surface area (Å²) in [4.78, 5) is 36.8. The Hall–Kier alpha value is -1.62. The minimum Gasteiger partial charge on any atom is -0.463 e. The highest BCUT2D eigenvalue weighted by Gasteiger charge is 2.44. The SMILES string of the molecule is CC(C)[C@H](N)C(=O)OC[C@H]1S[C@@H](n2ccc(=O)[nH]c2=O)C(O)C1O. The second-order valence-electron chi connectivity index (χ2n) is 5.96. The topological polar surface area (TPSA) is 148 Å². The molecule has 0 amide bonds. The number of nitrogens with zero attached hydrogens (tertiary/aromatic N) is 1. The minimum atomic E-state index is -1.25. The van der Waals surface area contributed by atoms with Crippen LogP contribution in [-0.2, 0) is 9.53 Å². The number of esters is 1. The summed E-state index contributed by atoms with van der Waals surface area (Å²) in [5.74, 6) is -0.673. The number of thioether (sulfide) groups is 1. The molecule has 1 saturated heterocycles. The number of aliphatic hydroxyl groups is 2. The molecule has 1 aromatic heterocycles. The molecular formula is C14H21N3O6S. The first-order valence-corrected chi connectivity index (χ1v) is 8.42. The first-order chi connectivity index (χ1) is 11.2. The number of rotatable bonds is 5. The van der Waals surface area contributed by atoms with Gasteiger partial charge in [-0.3, -0.25) is 19.1 Å². The van der Waals surface area contributed by atoms with E-state index in [1.54, 1.807) is 13.8 Å². The first-order valence-electron chi connectivity index (χ1n) is 7.47. The maximum absolute atomic E-state index is 11.8. The van der Waals surface area contributed by atoms with Gasteiger partial charge in [-0.2, -0.15) is 0 Å². The normalized spacial score (nSPS) is 28.1. The third kappa shape index (κ3) is 3.89. The monoisotopic (exact) mass is 359 g/mol. The van der Waals surface area contributed by atoms with E-state index in [0.29, 0.717) is 0 Å². The molecule has 5 atom stereocenters. The summed E-state index contributed by atoms with van der Waals surface area (Å²) in [7, 11) is 0. The number of aromatic amines is 1. The summed E-state index contributed by atoms with van der Waals surface area (Å²) < 4.78 is 6.23. The summed E-state index contributed by atoms with van der Waals surface area (Å²) in [5.41, 5.74) is 4.44. The molecule has 0 aromatic carbocycles. The Morgan fingerprint density at radius 3 is 2.67 bits per heavy atom. The van der Waals surface area contributed by atoms with Crippen molar-refractivity contribution in [2.24, 2.45) is 11.7 Å². The molecule has 5 N–H and O–H groups in total. The van der Waals surface area contributed by atoms with Gasteiger partial charge in [-0.1, -0.05) is 13.8 Å². The van der Waals surface area contributed by atoms with E-state index in [1.165, 1.54) is 6.20 Å². The Labute approximate surface area is 141 Å². The lowest BCUT2D eigenvalue weighted by atomic mass is 10.1. The average molecular weight is 359 g/mol. The molecule has 1 aliphatic heterocycles. The lowest BCUT2D eigenvalue weighted by Crippen LogP contribution is -2.40. The fourth-order valence-corrected chi connectivity index (χ4v) is 3.70. The highest BCUT2D eigenvalue weighted by molar-refractivity contribution is 8.00. The number of hydrogen-bond acceptors (Lipinski definition) is 8. The molecule has 0 saturated carbocycles. The van der Waals surface area contributed by atoms with Crippen LogP contribution in [0.5, 0.6) is 0 Å². The van der Waals surface area contributed by atoms with Crippen LogP contribution in [0.15, 0.2) is 21.9 Å². The van der Waals surface area contributed by atoms with Gasteiger partial charge >= 0.3 is 11.7 Å². The number of nitrogens with two attached hydrogens (primary N) is 1. The minimum absolute atomic E-state index is 0.0864. The van der Waals surface area contributed by atoms with E-state index in [1.807, 2.05) is 0 Å². The number of carbonyl (C=O) groups excluding carboxylic acids is 1. The van der Waals surface area contributed by atoms with Crippen molar-refractivity contribution in [3.8, 4) is 0 Å². The Morgan fingerprint density at radius 2 is 2.08 bits per heavy atom. The summed E-state index contributed by atoms with van der Waals surface area (Å²) >= 11 is 1.08. The summed E-state index contributed by atoms with van der Waals surface area (Å²) in [5, 5.41) is 18.8. The average Bonchev–Trinajstić information content (AvgIpc) is 2.80. The maximum atomic E-state index is 11.8. The van der Waals surface area contributed by atoms with Crippen molar-refractivity contribution < 1.29 is 19.7 Å². The zero-order valence-electron chi connectivity index (χ0n) is 13.3. The van der Waals surface area contributed by atoms with Gasteiger partial charge < -0.3 is 20.7 Å². The van der Waals surface area contributed by atoms with Crippen LogP contribution >= 0.6 is 11.8 Å². The molecular weight excluding hydrogens is 338 g/mol. The van der Waals surface area contributed by atoms with E-state index in [9.17, 15) is 24.6 Å². The third-order valence-electron chi connectivity index (χ3n) is 3.84. The molecule has 2 heterocycles. The second-order valence-corrected chi connectivity index (χ2v) is 7.32. The summed E-state index contributed by atoms with van der Waals surface area (Å²) in [6, 6.07) is 0.381. The van der Waals surface area contributed by atoms with Gasteiger partial charge in [-0.15, -0.1) is 11.8 Å². The molecule has 9 nitrogen and oxygen atoms in total. The van der Waals surface area contributed by atoms with Crippen molar-refractivity contribution in [3.05, 3.63) is 33.1 Å². The fourth-order valence-electron chi connectivity index (χ4n) is 2.26. The zero-order chi connectivity index (χ0) is 18.0. The molecule has 2 rings (SSSR count). The third-order valence-corrected chi connectivity index (χ3v) is 5.39. The van der Waals surface area contributed by atoms with Crippen molar-refractivity contribution in [2.75, 3.05) is 6.61 Å². The standard InChI is InChI=1S/C14H21N3O6S/c1-6(2)9(15)13(21)23-5-7-10(19)11(20)12(24-7)17-4-3-8(18)16-14(17)22/h3-4,6-7,9-12,19-20H,5,15H2,1-2H3,(H,16,18,22)/t7-,9+,10?,11?,12-/m1/s1. The van der Waals surface area contributed by atoms with Crippen LogP contribution in [0.1, 0.15) is 19.2 Å². The molecule has 1 aromatic rings. The Kier molecular flexibility index (Phi) is 5.86. The fraction of sp³-hybridized carbons (Fsp3) is 0.643. The Morgan fingerprint density at radius 1 is 1.42 bits per heavy atom. The smallest absolute Gasteiger partial charge is 0.329 e. The molecule has 1 fully saturated rings. The highest BCUT2D eigenvalue weighted by atomic mass is 32.2. The number of ether oxygens (including phenoxy) is 1. The molecule has 10 heteroatoms. The van der Waals surface area contributed by atoms with Gasteiger partial charge in [0.15, 0.2) is 0 Å². The lowest BCUT2D eigenvalue weighted by Gasteiger charge is -2.18. The van der Waals surface area contributed by atoms with Crippen LogP contribution in [-0.4, -0.2) is 55.8 Å². The highest BCUT2D eigenvalue weighted by Crippen LogP contribution is 2.41. The number of aliphatic hydroxyl groups excluding tert-OH is 2. The van der Waals surface area contributed by atoms with Gasteiger partial charge in [-0.05, 0) is 5.92 Å². The number of aromatic nitrogens is 2. The molecule has 24 heavy (non-hydrogen) atoms. The molecule has 2 unspecified atom stereocenters. The van der Waals surface area contributed by atoms with Crippen molar-refractivity contribution >= 4 is 17.7 Å². The zero-order valence-corrected chi connectivity index (χ0v) is 14.1. The van der Waals surface area contributed by atoms with Crippen LogP contribution in [0, 0.1) is 5.92 Å². The molecule has 0 radical (unpaired) electrons. The Balaban J connectivity index is 2.06. The molecule has 0 aliphatic carbocycles. The van der Waals surface area contributed by atoms with Crippen molar-refractivity contribution in [1.29, 1.82) is 0 Å². The maximum Gasteiger partial charge on any atom is 0.329 e. The van der Waals surface area contributed by atoms with Gasteiger partial charge in [0.05, 0.1) is 11.4 Å². The molecule has 0 spiro atoms. The Bertz CT molecular complexity index is 702. The van der Waals surface area contributed by atoms with E-state index >= 15 is 0 Å². The first kappa shape index (κ1) is 18.7. The van der Waals surface area contributed by atoms with Gasteiger partial charge in [0.25, 0.3) is 5.56 Å². The molecule has 134 valence electrons. The molecule has 0 bridgehead atoms. The van der Waals surface area contributed by atoms with Gasteiger partial charge in [0.1, 0.15) is 24.1 Å². The van der Waals surface area contributed by atoms with Crippen molar-refractivity contribution in [3.63, 3.8) is 0 Å². The van der Waals surface area contributed by atoms with Crippen LogP contribution in [0.2, 0.25) is 0 Å². The van der Waals surface area contributed by atoms with E-state index in [-0.39, 0.29) is 12.5 Å². The van der Waals surface area contributed by atoms with Crippen LogP contribution in [0.3, 0.4) is 0 Å². The van der Waals surface area contributed by atoms with Gasteiger partial charge in [0.2, 0.25) is 0 Å².